The summed E-state index contributed by atoms with van der Waals surface area (Å²) in [5.74, 6) is 1.06. The van der Waals surface area contributed by atoms with Crippen molar-refractivity contribution in [1.82, 2.24) is 9.78 Å². The molecule has 0 bridgehead atoms. The molecule has 0 aliphatic rings. The predicted octanol–water partition coefficient (Wildman–Crippen LogP) is 2.57. The van der Waals surface area contributed by atoms with Crippen LogP contribution in [0.2, 0.25) is 0 Å². The minimum atomic E-state index is 0.504. The zero-order valence-electron chi connectivity index (χ0n) is 12.4. The molecule has 19 heavy (non-hydrogen) atoms. The van der Waals surface area contributed by atoms with Gasteiger partial charge in [0.05, 0.1) is 5.69 Å². The van der Waals surface area contributed by atoms with Crippen molar-refractivity contribution in [2.75, 3.05) is 11.9 Å². The highest BCUT2D eigenvalue weighted by atomic mass is 15.4. The fraction of sp³-hybridized carbons (Fsp3) is 0.400. The Labute approximate surface area is 114 Å². The molecule has 0 spiro atoms. The zero-order valence-corrected chi connectivity index (χ0v) is 12.4. The Morgan fingerprint density at radius 2 is 1.74 bits per heavy atom. The first kappa shape index (κ1) is 13.6. The standard InChI is InChI=1S/C15H22N4/c1-10-6-11(2)8-13(7-10)18(4)15-14(9-16)12(3)17-19(15)5/h6-8H,9,16H2,1-5H3. The molecule has 0 saturated heterocycles. The van der Waals surface area contributed by atoms with Crippen LogP contribution in [0.4, 0.5) is 11.5 Å². The van der Waals surface area contributed by atoms with Crippen molar-refractivity contribution in [3.8, 4) is 0 Å². The van der Waals surface area contributed by atoms with Crippen LogP contribution in [0.3, 0.4) is 0 Å². The van der Waals surface area contributed by atoms with Gasteiger partial charge in [-0.25, -0.2) is 0 Å². The number of anilines is 2. The second-order valence-electron chi connectivity index (χ2n) is 5.12. The van der Waals surface area contributed by atoms with E-state index in [1.165, 1.54) is 11.1 Å². The Kier molecular flexibility index (Phi) is 3.62. The third-order valence-electron chi connectivity index (χ3n) is 3.43. The molecule has 2 aromatic rings. The van der Waals surface area contributed by atoms with E-state index in [1.807, 2.05) is 18.7 Å². The summed E-state index contributed by atoms with van der Waals surface area (Å²) in [7, 11) is 4.02. The van der Waals surface area contributed by atoms with E-state index in [-0.39, 0.29) is 0 Å². The molecular formula is C15H22N4. The van der Waals surface area contributed by atoms with Crippen LogP contribution >= 0.6 is 0 Å². The molecule has 1 heterocycles. The van der Waals surface area contributed by atoms with E-state index in [9.17, 15) is 0 Å². The molecule has 0 radical (unpaired) electrons. The summed E-state index contributed by atoms with van der Waals surface area (Å²) in [4.78, 5) is 2.15. The number of hydrogen-bond donors (Lipinski definition) is 1. The number of aryl methyl sites for hydroxylation is 4. The van der Waals surface area contributed by atoms with Crippen LogP contribution in [-0.4, -0.2) is 16.8 Å². The van der Waals surface area contributed by atoms with Crippen LogP contribution in [0.1, 0.15) is 22.4 Å². The summed E-state index contributed by atoms with van der Waals surface area (Å²) in [5, 5.41) is 4.47. The van der Waals surface area contributed by atoms with E-state index >= 15 is 0 Å². The van der Waals surface area contributed by atoms with E-state index in [4.69, 9.17) is 5.73 Å². The van der Waals surface area contributed by atoms with Gasteiger partial charge in [0, 0.05) is 31.9 Å². The Hall–Kier alpha value is -1.81. The van der Waals surface area contributed by atoms with Gasteiger partial charge >= 0.3 is 0 Å². The van der Waals surface area contributed by atoms with Crippen LogP contribution in [0.5, 0.6) is 0 Å². The van der Waals surface area contributed by atoms with Crippen molar-refractivity contribution in [3.63, 3.8) is 0 Å². The van der Waals surface area contributed by atoms with Crippen molar-refractivity contribution < 1.29 is 0 Å². The Morgan fingerprint density at radius 1 is 1.16 bits per heavy atom. The average molecular weight is 258 g/mol. The van der Waals surface area contributed by atoms with Gasteiger partial charge in [0.1, 0.15) is 5.82 Å². The maximum atomic E-state index is 5.86. The molecule has 4 nitrogen and oxygen atoms in total. The SMILES string of the molecule is Cc1cc(C)cc(N(C)c2c(CN)c(C)nn2C)c1. The predicted molar refractivity (Wildman–Crippen MR) is 79.8 cm³/mol. The Balaban J connectivity index is 2.52. The first-order valence-electron chi connectivity index (χ1n) is 6.48. The summed E-state index contributed by atoms with van der Waals surface area (Å²) in [5.41, 5.74) is 11.6. The van der Waals surface area contributed by atoms with Gasteiger partial charge in [-0.1, -0.05) is 6.07 Å². The topological polar surface area (TPSA) is 47.1 Å². The molecule has 0 saturated carbocycles. The van der Waals surface area contributed by atoms with Gasteiger partial charge in [-0.2, -0.15) is 5.10 Å². The van der Waals surface area contributed by atoms with E-state index < -0.39 is 0 Å². The normalized spacial score (nSPS) is 10.8. The lowest BCUT2D eigenvalue weighted by atomic mass is 10.1. The lowest BCUT2D eigenvalue weighted by Crippen LogP contribution is -2.16. The van der Waals surface area contributed by atoms with E-state index in [2.05, 4.69) is 49.1 Å². The zero-order chi connectivity index (χ0) is 14.2. The quantitative estimate of drug-likeness (QED) is 0.920. The van der Waals surface area contributed by atoms with Crippen molar-refractivity contribution in [2.45, 2.75) is 27.3 Å². The van der Waals surface area contributed by atoms with Crippen LogP contribution in [0.25, 0.3) is 0 Å². The smallest absolute Gasteiger partial charge is 0.135 e. The number of aromatic nitrogens is 2. The fourth-order valence-electron chi connectivity index (χ4n) is 2.61. The first-order chi connectivity index (χ1) is 8.93. The third kappa shape index (κ3) is 2.49. The van der Waals surface area contributed by atoms with Gasteiger partial charge in [0.2, 0.25) is 0 Å². The molecule has 0 amide bonds. The minimum absolute atomic E-state index is 0.504. The lowest BCUT2D eigenvalue weighted by Gasteiger charge is -2.22. The van der Waals surface area contributed by atoms with E-state index in [1.54, 1.807) is 0 Å². The van der Waals surface area contributed by atoms with Crippen molar-refractivity contribution in [1.29, 1.82) is 0 Å². The highest BCUT2D eigenvalue weighted by Crippen LogP contribution is 2.29. The molecule has 4 heteroatoms. The minimum Gasteiger partial charge on any atom is -0.329 e. The van der Waals surface area contributed by atoms with Crippen LogP contribution in [0, 0.1) is 20.8 Å². The van der Waals surface area contributed by atoms with Crippen molar-refractivity contribution in [3.05, 3.63) is 40.6 Å². The number of nitrogens with two attached hydrogens (primary N) is 1. The lowest BCUT2D eigenvalue weighted by molar-refractivity contribution is 0.750. The van der Waals surface area contributed by atoms with Gasteiger partial charge in [-0.3, -0.25) is 4.68 Å². The Bertz CT molecular complexity index is 578. The first-order valence-corrected chi connectivity index (χ1v) is 6.48. The number of benzene rings is 1. The van der Waals surface area contributed by atoms with E-state index in [0.29, 0.717) is 6.54 Å². The summed E-state index contributed by atoms with van der Waals surface area (Å²) in [6.45, 7) is 6.73. The largest absolute Gasteiger partial charge is 0.329 e. The summed E-state index contributed by atoms with van der Waals surface area (Å²) in [6, 6.07) is 6.53. The maximum absolute atomic E-state index is 5.86. The molecular weight excluding hydrogens is 236 g/mol. The molecule has 0 atom stereocenters. The van der Waals surface area contributed by atoms with Crippen molar-refractivity contribution >= 4 is 11.5 Å². The molecule has 0 fully saturated rings. The molecule has 1 aromatic heterocycles. The molecule has 2 rings (SSSR count). The monoisotopic (exact) mass is 258 g/mol. The Morgan fingerprint density at radius 3 is 2.26 bits per heavy atom. The maximum Gasteiger partial charge on any atom is 0.135 e. The number of rotatable bonds is 3. The van der Waals surface area contributed by atoms with Crippen LogP contribution in [-0.2, 0) is 13.6 Å². The summed E-state index contributed by atoms with van der Waals surface area (Å²) < 4.78 is 1.90. The van der Waals surface area contributed by atoms with Gasteiger partial charge < -0.3 is 10.6 Å². The second kappa shape index (κ2) is 5.05. The molecule has 0 aliphatic heterocycles. The number of hydrogen-bond acceptors (Lipinski definition) is 3. The molecule has 2 N–H and O–H groups in total. The van der Waals surface area contributed by atoms with E-state index in [0.717, 1.165) is 22.8 Å². The van der Waals surface area contributed by atoms with Crippen LogP contribution < -0.4 is 10.6 Å². The molecule has 0 unspecified atom stereocenters. The highest BCUT2D eigenvalue weighted by Gasteiger charge is 2.17. The summed E-state index contributed by atoms with van der Waals surface area (Å²) >= 11 is 0. The molecule has 0 aliphatic carbocycles. The second-order valence-corrected chi connectivity index (χ2v) is 5.12. The van der Waals surface area contributed by atoms with Crippen molar-refractivity contribution in [2.24, 2.45) is 12.8 Å². The van der Waals surface area contributed by atoms with Gasteiger partial charge in [-0.15, -0.1) is 0 Å². The third-order valence-corrected chi connectivity index (χ3v) is 3.43. The number of nitrogens with zero attached hydrogens (tertiary/aromatic N) is 3. The fourth-order valence-corrected chi connectivity index (χ4v) is 2.61. The van der Waals surface area contributed by atoms with Gasteiger partial charge in [0.25, 0.3) is 0 Å². The molecule has 102 valence electrons. The van der Waals surface area contributed by atoms with Gasteiger partial charge in [-0.05, 0) is 44.0 Å². The average Bonchev–Trinajstić information content (AvgIpc) is 2.61. The van der Waals surface area contributed by atoms with Crippen LogP contribution in [0.15, 0.2) is 18.2 Å². The summed E-state index contributed by atoms with van der Waals surface area (Å²) in [6.07, 6.45) is 0. The highest BCUT2D eigenvalue weighted by molar-refractivity contribution is 5.64. The molecule has 1 aromatic carbocycles. The van der Waals surface area contributed by atoms with Gasteiger partial charge in [0.15, 0.2) is 0 Å².